The number of para-hydroxylation sites is 1. The van der Waals surface area contributed by atoms with E-state index in [2.05, 4.69) is 11.2 Å². The number of nitriles is 1. The maximum absolute atomic E-state index is 13.8. The van der Waals surface area contributed by atoms with Gasteiger partial charge < -0.3 is 5.09 Å². The van der Waals surface area contributed by atoms with Crippen molar-refractivity contribution in [3.63, 3.8) is 0 Å². The average molecular weight is 318 g/mol. The van der Waals surface area contributed by atoms with Crippen LogP contribution in [0.4, 0.5) is 5.69 Å². The van der Waals surface area contributed by atoms with Crippen LogP contribution in [0.2, 0.25) is 0 Å². The van der Waals surface area contributed by atoms with Crippen molar-refractivity contribution in [2.45, 2.75) is 0 Å². The van der Waals surface area contributed by atoms with E-state index in [4.69, 9.17) is 0 Å². The highest BCUT2D eigenvalue weighted by atomic mass is 31.2. The van der Waals surface area contributed by atoms with Gasteiger partial charge in [0.1, 0.15) is 6.07 Å². The Morgan fingerprint density at radius 3 is 1.74 bits per heavy atom. The van der Waals surface area contributed by atoms with Gasteiger partial charge in [-0.25, -0.2) is 0 Å². The molecular weight excluding hydrogens is 303 g/mol. The van der Waals surface area contributed by atoms with Gasteiger partial charge in [-0.2, -0.15) is 5.26 Å². The van der Waals surface area contributed by atoms with Crippen LogP contribution in [0.3, 0.4) is 0 Å². The van der Waals surface area contributed by atoms with Crippen molar-refractivity contribution in [2.24, 2.45) is 0 Å². The van der Waals surface area contributed by atoms with E-state index in [9.17, 15) is 9.83 Å². The Morgan fingerprint density at radius 2 is 1.22 bits per heavy atom. The van der Waals surface area contributed by atoms with Crippen LogP contribution in [-0.4, -0.2) is 0 Å². The average Bonchev–Trinajstić information content (AvgIpc) is 2.63. The molecule has 23 heavy (non-hydrogen) atoms. The van der Waals surface area contributed by atoms with Crippen LogP contribution < -0.4 is 15.7 Å². The van der Waals surface area contributed by atoms with Crippen molar-refractivity contribution in [2.75, 3.05) is 5.09 Å². The van der Waals surface area contributed by atoms with Crippen LogP contribution in [-0.2, 0) is 4.57 Å². The van der Waals surface area contributed by atoms with E-state index in [1.54, 1.807) is 18.2 Å². The number of hydrogen-bond acceptors (Lipinski definition) is 2. The van der Waals surface area contributed by atoms with Crippen molar-refractivity contribution in [3.05, 3.63) is 90.5 Å². The molecule has 0 aliphatic heterocycles. The van der Waals surface area contributed by atoms with Crippen molar-refractivity contribution < 1.29 is 4.57 Å². The summed E-state index contributed by atoms with van der Waals surface area (Å²) < 4.78 is 13.8. The maximum atomic E-state index is 13.8. The van der Waals surface area contributed by atoms with Crippen LogP contribution in [0.5, 0.6) is 0 Å². The maximum Gasteiger partial charge on any atom is 0.227 e. The van der Waals surface area contributed by atoms with Crippen molar-refractivity contribution in [3.8, 4) is 6.07 Å². The monoisotopic (exact) mass is 318 g/mol. The zero-order chi connectivity index (χ0) is 16.1. The molecule has 3 aromatic rings. The lowest BCUT2D eigenvalue weighted by molar-refractivity contribution is 0.590. The van der Waals surface area contributed by atoms with Crippen LogP contribution in [0.1, 0.15) is 5.56 Å². The highest BCUT2D eigenvalue weighted by Gasteiger charge is 2.27. The summed E-state index contributed by atoms with van der Waals surface area (Å²) in [6.07, 6.45) is 0. The Labute approximate surface area is 135 Å². The fourth-order valence-corrected chi connectivity index (χ4v) is 4.68. The second kappa shape index (κ2) is 6.52. The summed E-state index contributed by atoms with van der Waals surface area (Å²) in [5, 5.41) is 13.8. The summed E-state index contributed by atoms with van der Waals surface area (Å²) in [5.74, 6) is 0. The number of nitrogens with one attached hydrogen (secondary N) is 1. The number of nitrogens with zero attached hydrogens (tertiary/aromatic N) is 1. The Morgan fingerprint density at radius 1 is 0.739 bits per heavy atom. The van der Waals surface area contributed by atoms with E-state index < -0.39 is 7.29 Å². The SMILES string of the molecule is N#Cc1ccccc1NP(=O)(c1ccccc1)c1ccccc1. The molecule has 0 spiro atoms. The Kier molecular flexibility index (Phi) is 4.28. The molecular formula is C19H15N2OP. The standard InChI is InChI=1S/C19H15N2OP/c20-15-16-9-7-8-14-19(16)21-23(22,17-10-3-1-4-11-17)18-12-5-2-6-13-18/h1-14H,(H,21,22). The van der Waals surface area contributed by atoms with Crippen LogP contribution >= 0.6 is 7.29 Å². The molecule has 3 aromatic carbocycles. The fraction of sp³-hybridized carbons (Fsp3) is 0. The molecule has 0 aliphatic rings. The lowest BCUT2D eigenvalue weighted by Crippen LogP contribution is -2.21. The second-order valence-electron chi connectivity index (χ2n) is 5.05. The lowest BCUT2D eigenvalue weighted by atomic mass is 10.2. The molecule has 0 bridgehead atoms. The van der Waals surface area contributed by atoms with Gasteiger partial charge in [0.2, 0.25) is 7.29 Å². The third kappa shape index (κ3) is 3.04. The molecule has 0 aromatic heterocycles. The van der Waals surface area contributed by atoms with Gasteiger partial charge in [0.05, 0.1) is 11.3 Å². The Balaban J connectivity index is 2.14. The highest BCUT2D eigenvalue weighted by Crippen LogP contribution is 2.43. The first-order valence-electron chi connectivity index (χ1n) is 7.23. The van der Waals surface area contributed by atoms with Gasteiger partial charge in [0.15, 0.2) is 0 Å². The van der Waals surface area contributed by atoms with E-state index in [-0.39, 0.29) is 0 Å². The fourth-order valence-electron chi connectivity index (χ4n) is 2.40. The molecule has 0 aliphatic carbocycles. The smallest absolute Gasteiger partial charge is 0.227 e. The predicted molar refractivity (Wildman–Crippen MR) is 94.5 cm³/mol. The first-order chi connectivity index (χ1) is 11.2. The molecule has 1 N–H and O–H groups in total. The van der Waals surface area contributed by atoms with Gasteiger partial charge in [-0.1, -0.05) is 48.5 Å². The van der Waals surface area contributed by atoms with Gasteiger partial charge >= 0.3 is 0 Å². The largest absolute Gasteiger partial charge is 0.328 e. The third-order valence-corrected chi connectivity index (χ3v) is 6.17. The van der Waals surface area contributed by atoms with Crippen LogP contribution in [0.25, 0.3) is 0 Å². The highest BCUT2D eigenvalue weighted by molar-refractivity contribution is 7.80. The molecule has 3 rings (SSSR count). The van der Waals surface area contributed by atoms with Crippen LogP contribution in [0, 0.1) is 11.3 Å². The Hall–Kier alpha value is -2.82. The molecule has 0 radical (unpaired) electrons. The third-order valence-electron chi connectivity index (χ3n) is 3.57. The molecule has 0 saturated carbocycles. The quantitative estimate of drug-likeness (QED) is 0.742. The van der Waals surface area contributed by atoms with Gasteiger partial charge in [-0.05, 0) is 36.4 Å². The first kappa shape index (κ1) is 15.1. The zero-order valence-corrected chi connectivity index (χ0v) is 13.3. The van der Waals surface area contributed by atoms with Gasteiger partial charge in [0, 0.05) is 10.6 Å². The number of rotatable bonds is 4. The molecule has 112 valence electrons. The topological polar surface area (TPSA) is 52.9 Å². The molecule has 4 heteroatoms. The molecule has 0 amide bonds. The minimum Gasteiger partial charge on any atom is -0.328 e. The summed E-state index contributed by atoms with van der Waals surface area (Å²) in [4.78, 5) is 0. The van der Waals surface area contributed by atoms with E-state index in [1.807, 2.05) is 66.7 Å². The summed E-state index contributed by atoms with van der Waals surface area (Å²) in [6, 6.07) is 27.8. The predicted octanol–water partition coefficient (Wildman–Crippen LogP) is 3.90. The van der Waals surface area contributed by atoms with Crippen molar-refractivity contribution in [1.82, 2.24) is 0 Å². The summed E-state index contributed by atoms with van der Waals surface area (Å²) in [6.45, 7) is 0. The molecule has 3 nitrogen and oxygen atoms in total. The van der Waals surface area contributed by atoms with Crippen molar-refractivity contribution in [1.29, 1.82) is 5.26 Å². The second-order valence-corrected chi connectivity index (χ2v) is 7.52. The van der Waals surface area contributed by atoms with Gasteiger partial charge in [-0.3, -0.25) is 4.57 Å². The molecule has 0 unspecified atom stereocenters. The molecule has 0 atom stereocenters. The van der Waals surface area contributed by atoms with Crippen molar-refractivity contribution >= 4 is 23.6 Å². The van der Waals surface area contributed by atoms with Crippen LogP contribution in [0.15, 0.2) is 84.9 Å². The molecule has 0 saturated heterocycles. The minimum atomic E-state index is -3.09. The normalized spacial score (nSPS) is 10.7. The van der Waals surface area contributed by atoms with Gasteiger partial charge in [-0.15, -0.1) is 0 Å². The summed E-state index contributed by atoms with van der Waals surface area (Å²) >= 11 is 0. The van der Waals surface area contributed by atoms with E-state index >= 15 is 0 Å². The minimum absolute atomic E-state index is 0.472. The summed E-state index contributed by atoms with van der Waals surface area (Å²) in [5.41, 5.74) is 1.05. The molecule has 0 heterocycles. The molecule has 0 fully saturated rings. The number of hydrogen-bond donors (Lipinski definition) is 1. The van der Waals surface area contributed by atoms with E-state index in [0.717, 1.165) is 0 Å². The summed E-state index contributed by atoms with van der Waals surface area (Å²) in [7, 11) is -3.09. The van der Waals surface area contributed by atoms with E-state index in [0.29, 0.717) is 21.9 Å². The zero-order valence-electron chi connectivity index (χ0n) is 12.4. The Bertz CT molecular complexity index is 843. The number of benzene rings is 3. The lowest BCUT2D eigenvalue weighted by Gasteiger charge is -2.22. The van der Waals surface area contributed by atoms with Gasteiger partial charge in [0.25, 0.3) is 0 Å². The first-order valence-corrected chi connectivity index (χ1v) is 8.93. The number of anilines is 1. The van der Waals surface area contributed by atoms with E-state index in [1.165, 1.54) is 0 Å².